The highest BCUT2D eigenvalue weighted by Crippen LogP contribution is 2.43. The normalized spacial score (nSPS) is 13.7. The summed E-state index contributed by atoms with van der Waals surface area (Å²) < 4.78 is 33.3. The van der Waals surface area contributed by atoms with Gasteiger partial charge >= 0.3 is 13.8 Å². The van der Waals surface area contributed by atoms with Crippen molar-refractivity contribution in [1.29, 1.82) is 0 Å². The molecule has 0 aliphatic rings. The molecule has 2 atom stereocenters. The first-order valence-corrected chi connectivity index (χ1v) is 21.2. The van der Waals surface area contributed by atoms with Crippen LogP contribution in [-0.4, -0.2) is 49.9 Å². The zero-order chi connectivity index (χ0) is 34.5. The first-order chi connectivity index (χ1) is 22.9. The molecule has 0 rings (SSSR count). The maximum absolute atomic E-state index is 12.5. The highest BCUT2D eigenvalue weighted by Gasteiger charge is 2.25. The highest BCUT2D eigenvalue weighted by atomic mass is 31.2. The second-order valence-corrected chi connectivity index (χ2v) is 14.6. The average Bonchev–Trinajstić information content (AvgIpc) is 3.06. The minimum absolute atomic E-state index is 0.0940. The van der Waals surface area contributed by atoms with Crippen LogP contribution in [0.15, 0.2) is 12.2 Å². The number of ether oxygens (including phenoxy) is 2. The van der Waals surface area contributed by atoms with Crippen molar-refractivity contribution in [2.45, 2.75) is 193 Å². The van der Waals surface area contributed by atoms with Gasteiger partial charge in [0.25, 0.3) is 0 Å². The summed E-state index contributed by atoms with van der Waals surface area (Å²) in [6.07, 6.45) is 36.5. The molecule has 9 heteroatoms. The van der Waals surface area contributed by atoms with Crippen molar-refractivity contribution < 1.29 is 32.8 Å². The van der Waals surface area contributed by atoms with Gasteiger partial charge in [0.2, 0.25) is 0 Å². The Bertz CT molecular complexity index is 737. The summed E-state index contributed by atoms with van der Waals surface area (Å²) in [4.78, 5) is 22.4. The molecule has 0 aliphatic carbocycles. The molecule has 0 bridgehead atoms. The van der Waals surface area contributed by atoms with Crippen LogP contribution in [0.5, 0.6) is 0 Å². The van der Waals surface area contributed by atoms with E-state index in [2.05, 4.69) is 26.0 Å². The number of allylic oxidation sites excluding steroid dienone is 2. The molecule has 8 nitrogen and oxygen atoms in total. The third-order valence-electron chi connectivity index (χ3n) is 8.43. The van der Waals surface area contributed by atoms with Gasteiger partial charge in [-0.3, -0.25) is 13.8 Å². The Kier molecular flexibility index (Phi) is 35.9. The van der Waals surface area contributed by atoms with Gasteiger partial charge in [-0.05, 0) is 38.5 Å². The van der Waals surface area contributed by atoms with Crippen molar-refractivity contribution in [3.05, 3.63) is 12.2 Å². The van der Waals surface area contributed by atoms with E-state index in [0.717, 1.165) is 44.9 Å². The van der Waals surface area contributed by atoms with Crippen molar-refractivity contribution >= 4 is 13.8 Å². The van der Waals surface area contributed by atoms with Gasteiger partial charge in [-0.1, -0.05) is 154 Å². The lowest BCUT2D eigenvalue weighted by Crippen LogP contribution is -2.28. The molecule has 0 heterocycles. The molecule has 0 aromatic rings. The Balaban J connectivity index is 4.05. The Morgan fingerprint density at radius 3 is 1.57 bits per heavy atom. The van der Waals surface area contributed by atoms with E-state index in [4.69, 9.17) is 24.3 Å². The number of hydrogen-bond acceptors (Lipinski definition) is 7. The van der Waals surface area contributed by atoms with Crippen LogP contribution in [0.3, 0.4) is 0 Å². The Labute approximate surface area is 290 Å². The largest absolute Gasteiger partial charge is 0.472 e. The fraction of sp³-hybridized carbons (Fsp3) is 0.921. The van der Waals surface area contributed by atoms with Gasteiger partial charge < -0.3 is 20.1 Å². The fourth-order valence-electron chi connectivity index (χ4n) is 5.52. The molecule has 47 heavy (non-hydrogen) atoms. The number of nitrogens with two attached hydrogens (primary N) is 1. The standard InChI is InChI=1S/C38H76NO7P/c1-3-5-7-9-11-13-15-17-18-20-22-24-26-28-30-33-43-35-37(36-45-47(41,42)44-34-32-39)46-38(40)31-29-27-25-23-21-19-16-14-12-10-8-6-4-2/h14,16,37H,3-13,15,17-36,39H2,1-2H3,(H,41,42)/b16-14-. The minimum Gasteiger partial charge on any atom is -0.457 e. The highest BCUT2D eigenvalue weighted by molar-refractivity contribution is 7.47. The maximum Gasteiger partial charge on any atom is 0.472 e. The van der Waals surface area contributed by atoms with Gasteiger partial charge in [-0.2, -0.15) is 0 Å². The van der Waals surface area contributed by atoms with Gasteiger partial charge in [-0.25, -0.2) is 4.57 Å². The summed E-state index contributed by atoms with van der Waals surface area (Å²) in [7, 11) is -4.27. The van der Waals surface area contributed by atoms with Crippen LogP contribution in [0, 0.1) is 0 Å². The van der Waals surface area contributed by atoms with Crippen LogP contribution in [-0.2, 0) is 27.9 Å². The third kappa shape index (κ3) is 36.3. The quantitative estimate of drug-likeness (QED) is 0.0285. The second kappa shape index (κ2) is 36.5. The van der Waals surface area contributed by atoms with Crippen LogP contribution >= 0.6 is 7.82 Å². The zero-order valence-corrected chi connectivity index (χ0v) is 31.7. The second-order valence-electron chi connectivity index (χ2n) is 13.1. The summed E-state index contributed by atoms with van der Waals surface area (Å²) in [5.74, 6) is -0.337. The smallest absolute Gasteiger partial charge is 0.457 e. The number of unbranched alkanes of at least 4 members (excludes halogenated alkanes) is 23. The first-order valence-electron chi connectivity index (χ1n) is 19.7. The van der Waals surface area contributed by atoms with E-state index >= 15 is 0 Å². The molecule has 0 amide bonds. The number of carbonyl (C=O) groups excluding carboxylic acids is 1. The summed E-state index contributed by atoms with van der Waals surface area (Å²) >= 11 is 0. The van der Waals surface area contributed by atoms with Crippen LogP contribution in [0.1, 0.15) is 187 Å². The number of rotatable bonds is 38. The van der Waals surface area contributed by atoms with E-state index in [0.29, 0.717) is 13.0 Å². The van der Waals surface area contributed by atoms with E-state index in [1.165, 1.54) is 122 Å². The Morgan fingerprint density at radius 2 is 1.06 bits per heavy atom. The number of esters is 1. The molecular weight excluding hydrogens is 613 g/mol. The number of phosphoric acid groups is 1. The van der Waals surface area contributed by atoms with E-state index < -0.39 is 13.9 Å². The van der Waals surface area contributed by atoms with E-state index in [-0.39, 0.29) is 32.3 Å². The lowest BCUT2D eigenvalue weighted by molar-refractivity contribution is -0.154. The third-order valence-corrected chi connectivity index (χ3v) is 9.42. The number of carbonyl (C=O) groups is 1. The molecule has 2 unspecified atom stereocenters. The van der Waals surface area contributed by atoms with Crippen LogP contribution in [0.25, 0.3) is 0 Å². The topological polar surface area (TPSA) is 117 Å². The number of phosphoric ester groups is 1. The molecule has 280 valence electrons. The van der Waals surface area contributed by atoms with Gasteiger partial charge in [-0.15, -0.1) is 0 Å². The number of hydrogen-bond donors (Lipinski definition) is 2. The maximum atomic E-state index is 12.5. The molecule has 0 saturated carbocycles. The molecule has 0 saturated heterocycles. The average molecular weight is 690 g/mol. The van der Waals surface area contributed by atoms with Crippen molar-refractivity contribution in [2.24, 2.45) is 5.73 Å². The minimum atomic E-state index is -4.27. The summed E-state index contributed by atoms with van der Waals surface area (Å²) in [5.41, 5.74) is 5.35. The van der Waals surface area contributed by atoms with Gasteiger partial charge in [0.05, 0.1) is 19.8 Å². The summed E-state index contributed by atoms with van der Waals surface area (Å²) in [6.45, 7) is 4.92. The molecule has 0 fully saturated rings. The van der Waals surface area contributed by atoms with Crippen LogP contribution in [0.4, 0.5) is 0 Å². The van der Waals surface area contributed by atoms with Crippen LogP contribution < -0.4 is 5.73 Å². The van der Waals surface area contributed by atoms with Gasteiger partial charge in [0.15, 0.2) is 0 Å². The lowest BCUT2D eigenvalue weighted by Gasteiger charge is -2.20. The van der Waals surface area contributed by atoms with E-state index in [9.17, 15) is 14.3 Å². The molecular formula is C38H76NO7P. The van der Waals surface area contributed by atoms with Gasteiger partial charge in [0.1, 0.15) is 6.10 Å². The van der Waals surface area contributed by atoms with Gasteiger partial charge in [0, 0.05) is 19.6 Å². The van der Waals surface area contributed by atoms with Crippen molar-refractivity contribution in [2.75, 3.05) is 33.0 Å². The molecule has 3 N–H and O–H groups in total. The summed E-state index contributed by atoms with van der Waals surface area (Å²) in [6, 6.07) is 0. The molecule has 0 aliphatic heterocycles. The van der Waals surface area contributed by atoms with E-state index in [1.807, 2.05) is 0 Å². The summed E-state index contributed by atoms with van der Waals surface area (Å²) in [5, 5.41) is 0. The Hall–Kier alpha value is -0.760. The molecule has 0 aromatic carbocycles. The fourth-order valence-corrected chi connectivity index (χ4v) is 6.29. The van der Waals surface area contributed by atoms with Crippen molar-refractivity contribution in [1.82, 2.24) is 0 Å². The molecule has 0 radical (unpaired) electrons. The monoisotopic (exact) mass is 690 g/mol. The Morgan fingerprint density at radius 1 is 0.617 bits per heavy atom. The lowest BCUT2D eigenvalue weighted by atomic mass is 10.0. The molecule has 0 spiro atoms. The molecule has 0 aromatic heterocycles. The SMILES string of the molecule is CCCCCC/C=C\CCCCCCCC(=O)OC(COCCCCCCCCCCCCCCCCC)COP(=O)(O)OCCN. The van der Waals surface area contributed by atoms with Crippen molar-refractivity contribution in [3.63, 3.8) is 0 Å². The van der Waals surface area contributed by atoms with E-state index in [1.54, 1.807) is 0 Å². The first kappa shape index (κ1) is 46.2. The predicted octanol–water partition coefficient (Wildman–Crippen LogP) is 11.1. The van der Waals surface area contributed by atoms with Crippen molar-refractivity contribution in [3.8, 4) is 0 Å². The van der Waals surface area contributed by atoms with Crippen LogP contribution in [0.2, 0.25) is 0 Å². The zero-order valence-electron chi connectivity index (χ0n) is 30.8. The predicted molar refractivity (Wildman–Crippen MR) is 197 cm³/mol.